The quantitative estimate of drug-likeness (QED) is 0.626. The van der Waals surface area contributed by atoms with E-state index < -0.39 is 0 Å². The minimum absolute atomic E-state index is 0. The van der Waals surface area contributed by atoms with Crippen LogP contribution < -0.4 is 0 Å². The van der Waals surface area contributed by atoms with Crippen LogP contribution >= 0.6 is 0 Å². The average molecular weight is 241 g/mol. The molecule has 0 aliphatic carbocycles. The van der Waals surface area contributed by atoms with Crippen molar-refractivity contribution < 1.29 is 32.7 Å². The maximum atomic E-state index is 3.68. The van der Waals surface area contributed by atoms with Gasteiger partial charge in [-0.25, -0.2) is 0 Å². The van der Waals surface area contributed by atoms with E-state index in [1.165, 1.54) is 26.1 Å². The summed E-state index contributed by atoms with van der Waals surface area (Å²) in [7, 11) is 0. The van der Waals surface area contributed by atoms with E-state index in [0.717, 1.165) is 12.6 Å². The van der Waals surface area contributed by atoms with Gasteiger partial charge in [-0.3, -0.25) is 11.5 Å². The Balaban J connectivity index is 0.000000605. The predicted octanol–water partition coefficient (Wildman–Crippen LogP) is 0.771. The van der Waals surface area contributed by atoms with E-state index in [4.69, 9.17) is 0 Å². The van der Waals surface area contributed by atoms with Crippen LogP contribution in [0.3, 0.4) is 0 Å². The molecule has 2 nitrogen and oxygen atoms in total. The zero-order chi connectivity index (χ0) is 6.97. The van der Waals surface area contributed by atoms with Crippen molar-refractivity contribution in [1.29, 1.82) is 0 Å². The summed E-state index contributed by atoms with van der Waals surface area (Å²) in [5.41, 5.74) is 0. The van der Waals surface area contributed by atoms with Crippen molar-refractivity contribution in [2.75, 3.05) is 26.2 Å². The molecule has 2 fully saturated rings. The van der Waals surface area contributed by atoms with Crippen LogP contribution in [0.5, 0.6) is 0 Å². The van der Waals surface area contributed by atoms with Gasteiger partial charge in [-0.05, 0) is 13.0 Å². The summed E-state index contributed by atoms with van der Waals surface area (Å²) >= 11 is 0. The predicted molar refractivity (Wildman–Crippen MR) is 46.8 cm³/mol. The fourth-order valence-electron chi connectivity index (χ4n) is 1.91. The van der Waals surface area contributed by atoms with Crippen molar-refractivity contribution in [1.82, 2.24) is 9.80 Å². The van der Waals surface area contributed by atoms with Crippen molar-refractivity contribution in [3.05, 3.63) is 20.2 Å². The van der Waals surface area contributed by atoms with Gasteiger partial charge in [0.2, 0.25) is 0 Å². The SMILES string of the molecule is C=[C-]N1CCN2CCC1C2.[CH3-].[Y]. The molecule has 2 unspecified atom stereocenters. The van der Waals surface area contributed by atoms with Crippen LogP contribution in [0.1, 0.15) is 6.42 Å². The van der Waals surface area contributed by atoms with E-state index in [1.54, 1.807) is 0 Å². The number of piperazine rings is 1. The second-order valence-corrected chi connectivity index (χ2v) is 3.09. The third-order valence-electron chi connectivity index (χ3n) is 2.55. The summed E-state index contributed by atoms with van der Waals surface area (Å²) < 4.78 is 0. The van der Waals surface area contributed by atoms with Crippen molar-refractivity contribution >= 4 is 0 Å². The molecule has 2 saturated heterocycles. The van der Waals surface area contributed by atoms with Crippen molar-refractivity contribution in [3.8, 4) is 0 Å². The first-order valence-corrected chi connectivity index (χ1v) is 3.92. The molecule has 0 amide bonds. The molecule has 2 aliphatic heterocycles. The van der Waals surface area contributed by atoms with Gasteiger partial charge in [0.05, 0.1) is 0 Å². The Morgan fingerprint density at radius 1 is 1.25 bits per heavy atom. The Morgan fingerprint density at radius 3 is 2.67 bits per heavy atom. The molecule has 2 atom stereocenters. The maximum absolute atomic E-state index is 3.68. The molecule has 3 heteroatoms. The van der Waals surface area contributed by atoms with Crippen molar-refractivity contribution in [2.45, 2.75) is 12.5 Å². The van der Waals surface area contributed by atoms with E-state index in [9.17, 15) is 0 Å². The van der Waals surface area contributed by atoms with Gasteiger partial charge in [-0.15, -0.1) is 0 Å². The van der Waals surface area contributed by atoms with Crippen molar-refractivity contribution in [2.24, 2.45) is 0 Å². The fourth-order valence-corrected chi connectivity index (χ4v) is 1.91. The van der Waals surface area contributed by atoms with Crippen LogP contribution in [0, 0.1) is 13.6 Å². The van der Waals surface area contributed by atoms with Gasteiger partial charge in [-0.1, -0.05) is 0 Å². The number of fused-ring (bicyclic) bond motifs is 2. The maximum Gasteiger partial charge on any atom is 0.0161 e. The second kappa shape index (κ2) is 5.36. The van der Waals surface area contributed by atoms with Crippen molar-refractivity contribution in [3.63, 3.8) is 0 Å². The third kappa shape index (κ3) is 2.30. The molecule has 0 aromatic heterocycles. The van der Waals surface area contributed by atoms with Crippen LogP contribution in [0.25, 0.3) is 0 Å². The Bertz CT molecular complexity index is 149. The molecule has 0 N–H and O–H groups in total. The molecule has 2 heterocycles. The smallest absolute Gasteiger partial charge is 0.0161 e. The molecule has 2 aliphatic rings. The topological polar surface area (TPSA) is 6.48 Å². The summed E-state index contributed by atoms with van der Waals surface area (Å²) in [6, 6.07) is 0.728. The molecule has 0 aromatic carbocycles. The van der Waals surface area contributed by atoms with Gasteiger partial charge in [-0.2, -0.15) is 0 Å². The Labute approximate surface area is 101 Å². The summed E-state index contributed by atoms with van der Waals surface area (Å²) in [5, 5.41) is 0. The minimum atomic E-state index is 0. The normalized spacial score (nSPS) is 31.8. The molecule has 1 radical (unpaired) electrons. The number of nitrogens with zero attached hydrogens (tertiary/aromatic N) is 2. The Kier molecular flexibility index (Phi) is 5.63. The number of rotatable bonds is 1. The summed E-state index contributed by atoms with van der Waals surface area (Å²) in [5.74, 6) is 0. The number of hydrogen-bond donors (Lipinski definition) is 0. The molecule has 12 heavy (non-hydrogen) atoms. The first-order valence-electron chi connectivity index (χ1n) is 3.92. The summed E-state index contributed by atoms with van der Waals surface area (Å²) in [6.07, 6.45) is 4.30. The zero-order valence-corrected chi connectivity index (χ0v) is 10.6. The van der Waals surface area contributed by atoms with Crippen LogP contribution in [-0.4, -0.2) is 42.0 Å². The van der Waals surface area contributed by atoms with E-state index in [-0.39, 0.29) is 40.1 Å². The molecular formula is C9H16N2Y-2. The zero-order valence-electron chi connectivity index (χ0n) is 7.79. The Hall–Kier alpha value is 0.604. The standard InChI is InChI=1S/C8H13N2.CH3.Y/c1-2-10-6-5-9-4-3-8(10)7-9;;/h8H,1,3-7H2;1H3;/q2*-1;. The molecular weight excluding hydrogens is 225 g/mol. The van der Waals surface area contributed by atoms with Gasteiger partial charge in [0.15, 0.2) is 0 Å². The summed E-state index contributed by atoms with van der Waals surface area (Å²) in [6.45, 7) is 8.54. The van der Waals surface area contributed by atoms with E-state index in [1.807, 2.05) is 0 Å². The first-order chi connectivity index (χ1) is 4.90. The molecule has 0 saturated carbocycles. The second-order valence-electron chi connectivity index (χ2n) is 3.09. The molecule has 0 aromatic rings. The van der Waals surface area contributed by atoms with E-state index in [2.05, 4.69) is 22.6 Å². The molecule has 0 spiro atoms. The number of hydrogen-bond acceptors (Lipinski definition) is 2. The van der Waals surface area contributed by atoms with E-state index >= 15 is 0 Å². The molecule has 67 valence electrons. The van der Waals surface area contributed by atoms with Gasteiger partial charge in [0.25, 0.3) is 0 Å². The molecule has 2 rings (SSSR count). The van der Waals surface area contributed by atoms with E-state index in [0.29, 0.717) is 0 Å². The monoisotopic (exact) mass is 241 g/mol. The third-order valence-corrected chi connectivity index (χ3v) is 2.55. The van der Waals surface area contributed by atoms with Crippen LogP contribution in [0.2, 0.25) is 0 Å². The van der Waals surface area contributed by atoms with Crippen LogP contribution in [-0.2, 0) is 32.7 Å². The first kappa shape index (κ1) is 12.6. The van der Waals surface area contributed by atoms with Gasteiger partial charge >= 0.3 is 0 Å². The fraction of sp³-hybridized carbons (Fsp3) is 0.667. The van der Waals surface area contributed by atoms with Gasteiger partial charge < -0.3 is 18.5 Å². The average Bonchev–Trinajstić information content (AvgIpc) is 2.34. The molecule has 2 bridgehead atoms. The Morgan fingerprint density at radius 2 is 2.00 bits per heavy atom. The summed E-state index contributed by atoms with van der Waals surface area (Å²) in [4.78, 5) is 4.77. The van der Waals surface area contributed by atoms with Crippen LogP contribution in [0.4, 0.5) is 0 Å². The van der Waals surface area contributed by atoms with Gasteiger partial charge in [0.1, 0.15) is 0 Å². The largest absolute Gasteiger partial charge is 0.550 e. The minimum Gasteiger partial charge on any atom is -0.550 e. The van der Waals surface area contributed by atoms with Crippen LogP contribution in [0.15, 0.2) is 6.58 Å². The van der Waals surface area contributed by atoms with Gasteiger partial charge in [0, 0.05) is 58.4 Å².